The first kappa shape index (κ1) is 28.8. The fraction of sp³-hybridized carbons (Fsp3) is 0. The third kappa shape index (κ3) is 4.38. The summed E-state index contributed by atoms with van der Waals surface area (Å²) >= 11 is 0. The van der Waals surface area contributed by atoms with Gasteiger partial charge in [0.25, 0.3) is 0 Å². The molecule has 9 rings (SSSR count). The van der Waals surface area contributed by atoms with E-state index in [0.29, 0.717) is 16.8 Å². The second kappa shape index (κ2) is 11.4. The molecule has 7 aromatic carbocycles. The van der Waals surface area contributed by atoms with Gasteiger partial charge in [-0.25, -0.2) is 4.85 Å². The van der Waals surface area contributed by atoms with Crippen molar-refractivity contribution in [3.05, 3.63) is 174 Å². The van der Waals surface area contributed by atoms with Crippen molar-refractivity contribution in [3.63, 3.8) is 0 Å². The lowest BCUT2D eigenvalue weighted by molar-refractivity contribution is 1.18. The predicted molar refractivity (Wildman–Crippen MR) is 202 cm³/mol. The average molecular weight is 636 g/mol. The zero-order valence-electron chi connectivity index (χ0n) is 26.7. The van der Waals surface area contributed by atoms with Gasteiger partial charge in [0.1, 0.15) is 0 Å². The molecule has 0 N–H and O–H groups in total. The molecule has 0 unspecified atom stereocenters. The number of nitrogens with zero attached hydrogens (tertiary/aromatic N) is 5. The maximum absolute atomic E-state index is 10.4. The molecular weight excluding hydrogens is 611 g/mol. The minimum absolute atomic E-state index is 0.529. The normalized spacial score (nSPS) is 11.1. The number of hydrogen-bond acceptors (Lipinski definition) is 2. The van der Waals surface area contributed by atoms with E-state index in [2.05, 4.69) is 111 Å². The molecule has 0 spiro atoms. The van der Waals surface area contributed by atoms with Crippen LogP contribution in [0.2, 0.25) is 0 Å². The highest BCUT2D eigenvalue weighted by molar-refractivity contribution is 6.11. The summed E-state index contributed by atoms with van der Waals surface area (Å²) in [5.74, 6) is 0. The van der Waals surface area contributed by atoms with Gasteiger partial charge >= 0.3 is 0 Å². The van der Waals surface area contributed by atoms with Crippen molar-refractivity contribution in [1.82, 2.24) is 9.13 Å². The maximum Gasteiger partial charge on any atom is 0.188 e. The van der Waals surface area contributed by atoms with Crippen LogP contribution in [-0.2, 0) is 0 Å². The molecule has 0 aliphatic rings. The van der Waals surface area contributed by atoms with Gasteiger partial charge in [-0.1, -0.05) is 78.9 Å². The molecular formula is C45H25N5. The van der Waals surface area contributed by atoms with E-state index in [9.17, 15) is 10.5 Å². The van der Waals surface area contributed by atoms with Crippen LogP contribution in [0, 0.1) is 29.2 Å². The Balaban J connectivity index is 1.20. The van der Waals surface area contributed by atoms with Crippen molar-refractivity contribution in [3.8, 4) is 45.8 Å². The number of benzene rings is 7. The second-order valence-electron chi connectivity index (χ2n) is 12.3. The Morgan fingerprint density at radius 2 is 1.12 bits per heavy atom. The molecule has 0 atom stereocenters. The van der Waals surface area contributed by atoms with Crippen molar-refractivity contribution in [2.45, 2.75) is 0 Å². The first-order valence-electron chi connectivity index (χ1n) is 16.3. The van der Waals surface area contributed by atoms with E-state index in [1.165, 1.54) is 21.8 Å². The molecule has 0 fully saturated rings. The summed E-state index contributed by atoms with van der Waals surface area (Å²) in [6.07, 6.45) is 0. The Hall–Kier alpha value is -7.39. The summed E-state index contributed by atoms with van der Waals surface area (Å²) in [5, 5.41) is 24.3. The summed E-state index contributed by atoms with van der Waals surface area (Å²) in [6, 6.07) is 55.8. The monoisotopic (exact) mass is 635 g/mol. The van der Waals surface area contributed by atoms with Crippen LogP contribution in [0.15, 0.2) is 152 Å². The molecule has 0 radical (unpaired) electrons. The highest BCUT2D eigenvalue weighted by Crippen LogP contribution is 2.40. The summed E-state index contributed by atoms with van der Waals surface area (Å²) in [4.78, 5) is 3.66. The topological polar surface area (TPSA) is 61.8 Å². The minimum Gasteiger partial charge on any atom is -0.309 e. The van der Waals surface area contributed by atoms with E-state index < -0.39 is 0 Å². The average Bonchev–Trinajstić information content (AvgIpc) is 3.69. The van der Waals surface area contributed by atoms with Gasteiger partial charge < -0.3 is 9.13 Å². The largest absolute Gasteiger partial charge is 0.309 e. The van der Waals surface area contributed by atoms with Gasteiger partial charge in [0.2, 0.25) is 0 Å². The highest BCUT2D eigenvalue weighted by Gasteiger charge is 2.19. The van der Waals surface area contributed by atoms with Crippen LogP contribution in [0.5, 0.6) is 0 Å². The fourth-order valence-electron chi connectivity index (χ4n) is 7.39. The standard InChI is InChI=1S/C45H25N5/c1-48-34-19-23-43-39(26-34)38-24-29(27-46)16-22-42(38)50(43)44-15-7-10-33(28-47)45(44)32-9-6-8-31(25-32)30-17-20-35(21-18-30)49-40-13-4-2-11-36(40)37-12-3-5-14-41(37)49/h2-26H. The first-order chi connectivity index (χ1) is 24.7. The van der Waals surface area contributed by atoms with Crippen molar-refractivity contribution in [1.29, 1.82) is 10.5 Å². The van der Waals surface area contributed by atoms with Gasteiger partial charge in [0, 0.05) is 27.4 Å². The number of aromatic nitrogens is 2. The zero-order chi connectivity index (χ0) is 33.8. The Morgan fingerprint density at radius 3 is 1.82 bits per heavy atom. The summed E-state index contributed by atoms with van der Waals surface area (Å²) in [7, 11) is 0. The van der Waals surface area contributed by atoms with Gasteiger partial charge in [-0.15, -0.1) is 0 Å². The van der Waals surface area contributed by atoms with Gasteiger partial charge in [0.15, 0.2) is 5.69 Å². The molecule has 0 bridgehead atoms. The van der Waals surface area contributed by atoms with Crippen LogP contribution in [-0.4, -0.2) is 9.13 Å². The Bertz CT molecular complexity index is 2830. The number of rotatable bonds is 4. The highest BCUT2D eigenvalue weighted by atomic mass is 15.0. The zero-order valence-corrected chi connectivity index (χ0v) is 26.7. The third-order valence-electron chi connectivity index (χ3n) is 9.60. The Kier molecular flexibility index (Phi) is 6.56. The molecule has 0 saturated heterocycles. The molecule has 0 aliphatic heterocycles. The predicted octanol–water partition coefficient (Wildman–Crippen LogP) is 11.5. The molecule has 230 valence electrons. The van der Waals surface area contributed by atoms with E-state index in [-0.39, 0.29) is 0 Å². The number of nitriles is 2. The van der Waals surface area contributed by atoms with E-state index in [1.54, 1.807) is 0 Å². The number of para-hydroxylation sites is 2. The molecule has 2 aromatic heterocycles. The molecule has 50 heavy (non-hydrogen) atoms. The minimum atomic E-state index is 0.529. The molecule has 0 amide bonds. The van der Waals surface area contributed by atoms with Gasteiger partial charge in [-0.05, 0) is 94.9 Å². The van der Waals surface area contributed by atoms with Crippen LogP contribution in [0.1, 0.15) is 11.1 Å². The molecule has 0 saturated carbocycles. The van der Waals surface area contributed by atoms with Crippen molar-refractivity contribution in [2.75, 3.05) is 0 Å². The molecule has 5 nitrogen and oxygen atoms in total. The lowest BCUT2D eigenvalue weighted by atomic mass is 9.94. The van der Waals surface area contributed by atoms with E-state index >= 15 is 0 Å². The molecule has 9 aromatic rings. The van der Waals surface area contributed by atoms with E-state index in [1.807, 2.05) is 66.7 Å². The summed E-state index contributed by atoms with van der Waals surface area (Å²) in [6.45, 7) is 7.61. The quantitative estimate of drug-likeness (QED) is 0.181. The van der Waals surface area contributed by atoms with Crippen molar-refractivity contribution >= 4 is 49.3 Å². The van der Waals surface area contributed by atoms with Crippen LogP contribution in [0.25, 0.3) is 82.1 Å². The van der Waals surface area contributed by atoms with Gasteiger partial charge in [-0.2, -0.15) is 10.5 Å². The van der Waals surface area contributed by atoms with E-state index in [4.69, 9.17) is 6.57 Å². The van der Waals surface area contributed by atoms with Crippen LogP contribution in [0.3, 0.4) is 0 Å². The smallest absolute Gasteiger partial charge is 0.188 e. The number of hydrogen-bond donors (Lipinski definition) is 0. The molecule has 0 aliphatic carbocycles. The van der Waals surface area contributed by atoms with Gasteiger partial charge in [0.05, 0.1) is 57.6 Å². The van der Waals surface area contributed by atoms with Crippen molar-refractivity contribution < 1.29 is 0 Å². The van der Waals surface area contributed by atoms with E-state index in [0.717, 1.165) is 55.4 Å². The first-order valence-corrected chi connectivity index (χ1v) is 16.3. The fourth-order valence-corrected chi connectivity index (χ4v) is 7.39. The molecule has 5 heteroatoms. The third-order valence-corrected chi connectivity index (χ3v) is 9.60. The van der Waals surface area contributed by atoms with Gasteiger partial charge in [-0.3, -0.25) is 0 Å². The second-order valence-corrected chi connectivity index (χ2v) is 12.3. The maximum atomic E-state index is 10.4. The number of fused-ring (bicyclic) bond motifs is 6. The Labute approximate surface area is 288 Å². The lowest BCUT2D eigenvalue weighted by Crippen LogP contribution is -1.99. The van der Waals surface area contributed by atoms with Crippen molar-refractivity contribution in [2.24, 2.45) is 0 Å². The molecule has 2 heterocycles. The summed E-state index contributed by atoms with van der Waals surface area (Å²) < 4.78 is 4.45. The lowest BCUT2D eigenvalue weighted by Gasteiger charge is -2.16. The van der Waals surface area contributed by atoms with Crippen LogP contribution >= 0.6 is 0 Å². The van der Waals surface area contributed by atoms with Crippen LogP contribution < -0.4 is 0 Å². The SMILES string of the molecule is [C-]#[N+]c1ccc2c(c1)c1cc(C#N)ccc1n2-c1cccc(C#N)c1-c1cccc(-c2ccc(-n3c4ccccc4c4ccccc43)cc2)c1. The Morgan fingerprint density at radius 1 is 0.480 bits per heavy atom. The summed E-state index contributed by atoms with van der Waals surface area (Å²) in [5.41, 5.74) is 11.6. The van der Waals surface area contributed by atoms with Crippen LogP contribution in [0.4, 0.5) is 5.69 Å².